The quantitative estimate of drug-likeness (QED) is 0.311. The summed E-state index contributed by atoms with van der Waals surface area (Å²) in [6.07, 6.45) is 0. The summed E-state index contributed by atoms with van der Waals surface area (Å²) < 4.78 is 26.8. The molecule has 196 valence electrons. The molecule has 1 aliphatic rings. The van der Waals surface area contributed by atoms with E-state index in [4.69, 9.17) is 23.5 Å². The normalized spacial score (nSPS) is 12.0. The highest BCUT2D eigenvalue weighted by Crippen LogP contribution is 2.32. The average molecular weight is 516 g/mol. The number of benzene rings is 3. The van der Waals surface area contributed by atoms with Crippen molar-refractivity contribution in [3.05, 3.63) is 101 Å². The topological polar surface area (TPSA) is 95.3 Å². The summed E-state index contributed by atoms with van der Waals surface area (Å²) in [7, 11) is 3.30. The minimum Gasteiger partial charge on any atom is -0.497 e. The van der Waals surface area contributed by atoms with Gasteiger partial charge < -0.3 is 28.8 Å². The fourth-order valence-electron chi connectivity index (χ4n) is 4.18. The highest BCUT2D eigenvalue weighted by molar-refractivity contribution is 5.92. The van der Waals surface area contributed by atoms with E-state index in [2.05, 4.69) is 15.4 Å². The lowest BCUT2D eigenvalue weighted by Gasteiger charge is -2.21. The zero-order valence-electron chi connectivity index (χ0n) is 21.3. The summed E-state index contributed by atoms with van der Waals surface area (Å²) in [5.74, 6) is 3.28. The van der Waals surface area contributed by atoms with E-state index >= 15 is 0 Å². The van der Waals surface area contributed by atoms with Crippen molar-refractivity contribution in [2.75, 3.05) is 21.0 Å². The number of nitrogens with one attached hydrogen (secondary N) is 1. The van der Waals surface area contributed by atoms with Crippen molar-refractivity contribution in [3.63, 3.8) is 0 Å². The van der Waals surface area contributed by atoms with E-state index in [9.17, 15) is 4.79 Å². The second kappa shape index (κ2) is 11.7. The van der Waals surface area contributed by atoms with Crippen LogP contribution in [-0.4, -0.2) is 37.0 Å². The molecule has 1 N–H and O–H groups in total. The van der Waals surface area contributed by atoms with Crippen LogP contribution < -0.4 is 24.3 Å². The van der Waals surface area contributed by atoms with E-state index in [0.717, 1.165) is 28.2 Å². The Morgan fingerprint density at radius 3 is 2.05 bits per heavy atom. The lowest BCUT2D eigenvalue weighted by Crippen LogP contribution is -2.23. The van der Waals surface area contributed by atoms with Crippen LogP contribution in [0.25, 0.3) is 0 Å². The molecule has 5 rings (SSSR count). The number of carbonyl (C=O) groups excluding carboxylic acids is 1. The van der Waals surface area contributed by atoms with Gasteiger partial charge in [-0.1, -0.05) is 35.5 Å². The first-order chi connectivity index (χ1) is 18.6. The molecule has 0 saturated carbocycles. The van der Waals surface area contributed by atoms with Crippen molar-refractivity contribution in [2.24, 2.45) is 0 Å². The zero-order valence-corrected chi connectivity index (χ0v) is 21.3. The van der Waals surface area contributed by atoms with Crippen molar-refractivity contribution in [1.82, 2.24) is 15.4 Å². The van der Waals surface area contributed by atoms with Gasteiger partial charge in [-0.15, -0.1) is 0 Å². The van der Waals surface area contributed by atoms with Gasteiger partial charge in [0.25, 0.3) is 5.91 Å². The third-order valence-electron chi connectivity index (χ3n) is 6.19. The summed E-state index contributed by atoms with van der Waals surface area (Å²) >= 11 is 0. The Bertz CT molecular complexity index is 1320. The first kappa shape index (κ1) is 25.2. The number of fused-ring (bicyclic) bond motifs is 1. The fraction of sp³-hybridized carbons (Fsp3) is 0.241. The number of hydrogen-bond acceptors (Lipinski definition) is 8. The van der Waals surface area contributed by atoms with E-state index in [1.165, 1.54) is 0 Å². The van der Waals surface area contributed by atoms with E-state index < -0.39 is 0 Å². The van der Waals surface area contributed by atoms with Crippen LogP contribution in [0.1, 0.15) is 32.9 Å². The molecular weight excluding hydrogens is 486 g/mol. The second-order valence-corrected chi connectivity index (χ2v) is 8.89. The average Bonchev–Trinajstić information content (AvgIpc) is 3.62. The largest absolute Gasteiger partial charge is 0.497 e. The maximum absolute atomic E-state index is 12.7. The molecule has 0 fully saturated rings. The number of hydrogen-bond donors (Lipinski definition) is 1. The molecule has 0 unspecified atom stereocenters. The van der Waals surface area contributed by atoms with Gasteiger partial charge in [0.05, 0.1) is 20.8 Å². The maximum Gasteiger partial charge on any atom is 0.273 e. The van der Waals surface area contributed by atoms with Gasteiger partial charge in [0.2, 0.25) is 6.79 Å². The van der Waals surface area contributed by atoms with Crippen LogP contribution in [0.15, 0.2) is 77.3 Å². The number of carbonyl (C=O) groups is 1. The van der Waals surface area contributed by atoms with Crippen LogP contribution in [-0.2, 0) is 26.2 Å². The Kier molecular flexibility index (Phi) is 7.75. The van der Waals surface area contributed by atoms with E-state index in [1.54, 1.807) is 20.3 Å². The number of aromatic nitrogens is 1. The molecule has 9 heteroatoms. The monoisotopic (exact) mass is 515 g/mol. The fourth-order valence-corrected chi connectivity index (χ4v) is 4.18. The Morgan fingerprint density at radius 2 is 1.42 bits per heavy atom. The van der Waals surface area contributed by atoms with Crippen molar-refractivity contribution < 1.29 is 28.3 Å². The minimum absolute atomic E-state index is 0.209. The van der Waals surface area contributed by atoms with E-state index in [1.807, 2.05) is 66.7 Å². The maximum atomic E-state index is 12.7. The molecule has 0 aliphatic carbocycles. The molecule has 0 atom stereocenters. The molecule has 0 saturated heterocycles. The summed E-state index contributed by atoms with van der Waals surface area (Å²) in [6, 6.07) is 23.2. The predicted molar refractivity (Wildman–Crippen MR) is 139 cm³/mol. The van der Waals surface area contributed by atoms with Crippen LogP contribution in [0, 0.1) is 0 Å². The van der Waals surface area contributed by atoms with E-state index in [-0.39, 0.29) is 18.4 Å². The molecule has 9 nitrogen and oxygen atoms in total. The number of nitrogens with zero attached hydrogens (tertiary/aromatic N) is 2. The van der Waals surface area contributed by atoms with Gasteiger partial charge in [-0.05, 0) is 53.1 Å². The van der Waals surface area contributed by atoms with Gasteiger partial charge in [-0.3, -0.25) is 9.69 Å². The highest BCUT2D eigenvalue weighted by Gasteiger charge is 2.17. The van der Waals surface area contributed by atoms with Crippen LogP contribution >= 0.6 is 0 Å². The van der Waals surface area contributed by atoms with Gasteiger partial charge in [0.1, 0.15) is 11.5 Å². The van der Waals surface area contributed by atoms with Crippen molar-refractivity contribution in [2.45, 2.75) is 26.2 Å². The third kappa shape index (κ3) is 6.24. The minimum atomic E-state index is -0.311. The molecule has 1 amide bonds. The SMILES string of the molecule is COc1ccc(CN(Cc2ccc(OC)cc2)Cc2cc(C(=O)NCc3ccc4c(c3)OCO4)no2)cc1. The van der Waals surface area contributed by atoms with Gasteiger partial charge in [0, 0.05) is 25.7 Å². The van der Waals surface area contributed by atoms with Crippen LogP contribution in [0.2, 0.25) is 0 Å². The van der Waals surface area contributed by atoms with Crippen molar-refractivity contribution >= 4 is 5.91 Å². The van der Waals surface area contributed by atoms with Crippen LogP contribution in [0.5, 0.6) is 23.0 Å². The lowest BCUT2D eigenvalue weighted by atomic mass is 10.1. The standard InChI is InChI=1S/C29H29N3O6/c1-34-23-8-3-20(4-9-23)16-32(17-21-5-10-24(35-2)11-6-21)18-25-14-26(31-38-25)29(33)30-15-22-7-12-27-28(13-22)37-19-36-27/h3-14H,15-19H2,1-2H3,(H,30,33). The van der Waals surface area contributed by atoms with Crippen LogP contribution in [0.3, 0.4) is 0 Å². The van der Waals surface area contributed by atoms with Gasteiger partial charge in [-0.2, -0.15) is 0 Å². The van der Waals surface area contributed by atoms with Gasteiger partial charge in [0.15, 0.2) is 23.0 Å². The molecule has 1 aliphatic heterocycles. The zero-order chi connectivity index (χ0) is 26.3. The number of ether oxygens (including phenoxy) is 4. The Hall–Kier alpha value is -4.50. The first-order valence-electron chi connectivity index (χ1n) is 12.2. The molecule has 0 bridgehead atoms. The Balaban J connectivity index is 1.24. The number of rotatable bonds is 11. The summed E-state index contributed by atoms with van der Waals surface area (Å²) in [5, 5.41) is 6.89. The predicted octanol–water partition coefficient (Wildman–Crippen LogP) is 4.55. The molecule has 1 aromatic heterocycles. The molecule has 0 spiro atoms. The molecule has 0 radical (unpaired) electrons. The molecule has 4 aromatic rings. The summed E-state index contributed by atoms with van der Waals surface area (Å²) in [5.41, 5.74) is 3.38. The third-order valence-corrected chi connectivity index (χ3v) is 6.19. The van der Waals surface area contributed by atoms with Crippen molar-refractivity contribution in [3.8, 4) is 23.0 Å². The Morgan fingerprint density at radius 1 is 0.816 bits per heavy atom. The molecule has 3 aromatic carbocycles. The van der Waals surface area contributed by atoms with Crippen LogP contribution in [0.4, 0.5) is 0 Å². The number of amides is 1. The highest BCUT2D eigenvalue weighted by atomic mass is 16.7. The van der Waals surface area contributed by atoms with E-state index in [0.29, 0.717) is 43.4 Å². The Labute approximate surface area is 220 Å². The first-order valence-corrected chi connectivity index (χ1v) is 12.2. The smallest absolute Gasteiger partial charge is 0.273 e. The number of methoxy groups -OCH3 is 2. The summed E-state index contributed by atoms with van der Waals surface area (Å²) in [4.78, 5) is 14.9. The molecular formula is C29H29N3O6. The van der Waals surface area contributed by atoms with Gasteiger partial charge in [-0.25, -0.2) is 0 Å². The molecule has 38 heavy (non-hydrogen) atoms. The molecule has 2 heterocycles. The second-order valence-electron chi connectivity index (χ2n) is 8.89. The van der Waals surface area contributed by atoms with Gasteiger partial charge >= 0.3 is 0 Å². The lowest BCUT2D eigenvalue weighted by molar-refractivity contribution is 0.0941. The van der Waals surface area contributed by atoms with Crippen molar-refractivity contribution in [1.29, 1.82) is 0 Å². The summed E-state index contributed by atoms with van der Waals surface area (Å²) in [6.45, 7) is 2.35.